The number of halogens is 2. The van der Waals surface area contributed by atoms with E-state index in [0.717, 1.165) is 55.8 Å². The first-order valence-electron chi connectivity index (χ1n) is 17.5. The molecule has 53 heavy (non-hydrogen) atoms. The molecule has 7 aromatic carbocycles. The molecule has 6 heteroatoms. The lowest BCUT2D eigenvalue weighted by atomic mass is 9.97. The smallest absolute Gasteiger partial charge is 0.166 e. The van der Waals surface area contributed by atoms with Gasteiger partial charge in [0.2, 0.25) is 0 Å². The molecule has 0 radical (unpaired) electrons. The van der Waals surface area contributed by atoms with E-state index in [1.54, 1.807) is 0 Å². The largest absolute Gasteiger partial charge is 0.308 e. The molecule has 0 saturated carbocycles. The Kier molecular flexibility index (Phi) is 7.93. The van der Waals surface area contributed by atoms with Gasteiger partial charge in [-0.15, -0.1) is 0 Å². The Balaban J connectivity index is 1.36. The van der Waals surface area contributed by atoms with Crippen molar-refractivity contribution < 1.29 is 8.78 Å². The Hall–Kier alpha value is -6.79. The number of benzene rings is 7. The second-order valence-corrected chi connectivity index (χ2v) is 13.3. The molecule has 2 heterocycles. The molecule has 0 aliphatic carbocycles. The van der Waals surface area contributed by atoms with E-state index in [4.69, 9.17) is 15.0 Å². The number of fused-ring (bicyclic) bond motifs is 3. The Morgan fingerprint density at radius 1 is 0.434 bits per heavy atom. The van der Waals surface area contributed by atoms with E-state index in [1.165, 1.54) is 23.3 Å². The Morgan fingerprint density at radius 2 is 1.04 bits per heavy atom. The van der Waals surface area contributed by atoms with E-state index in [9.17, 15) is 4.39 Å². The first-order chi connectivity index (χ1) is 25.9. The highest BCUT2D eigenvalue weighted by molar-refractivity contribution is 6.10. The maximum atomic E-state index is 15.4. The van der Waals surface area contributed by atoms with Crippen LogP contribution in [0.2, 0.25) is 0 Å². The molecule has 0 aliphatic rings. The zero-order chi connectivity index (χ0) is 36.1. The van der Waals surface area contributed by atoms with Crippen molar-refractivity contribution in [3.05, 3.63) is 180 Å². The van der Waals surface area contributed by atoms with Crippen LogP contribution in [0, 0.1) is 25.5 Å². The van der Waals surface area contributed by atoms with Gasteiger partial charge >= 0.3 is 0 Å². The summed E-state index contributed by atoms with van der Waals surface area (Å²) in [5, 5.41) is 2.19. The number of aryl methyl sites for hydroxylation is 2. The first kappa shape index (κ1) is 32.1. The van der Waals surface area contributed by atoms with E-state index < -0.39 is 11.6 Å². The lowest BCUT2D eigenvalue weighted by Crippen LogP contribution is -2.04. The maximum absolute atomic E-state index is 15.4. The molecule has 0 atom stereocenters. The van der Waals surface area contributed by atoms with Crippen LogP contribution < -0.4 is 0 Å². The van der Waals surface area contributed by atoms with Gasteiger partial charge in [0.05, 0.1) is 16.7 Å². The standard InChI is InChI=1S/C47H32F2N4/c1-29-17-21-36(30(2)25-29)34-18-22-39-38-15-9-10-16-42(38)53(44(39)27-34)43-24-19-33(37-23-20-35(48)28-41(37)49)26-40(43)47-51-45(31-11-5-3-6-12-31)50-46(52-47)32-13-7-4-8-14-32/h3-28H,1-2H3. The molecule has 254 valence electrons. The highest BCUT2D eigenvalue weighted by Crippen LogP contribution is 2.40. The van der Waals surface area contributed by atoms with Gasteiger partial charge in [-0.1, -0.05) is 121 Å². The Morgan fingerprint density at radius 3 is 1.74 bits per heavy atom. The van der Waals surface area contributed by atoms with Gasteiger partial charge in [0.15, 0.2) is 17.5 Å². The first-order valence-corrected chi connectivity index (χ1v) is 17.5. The van der Waals surface area contributed by atoms with Crippen LogP contribution in [0.4, 0.5) is 8.78 Å². The minimum atomic E-state index is -0.649. The lowest BCUT2D eigenvalue weighted by molar-refractivity contribution is 0.585. The van der Waals surface area contributed by atoms with Crippen molar-refractivity contribution in [1.29, 1.82) is 0 Å². The number of hydrogen-bond donors (Lipinski definition) is 0. The quantitative estimate of drug-likeness (QED) is 0.174. The number of para-hydroxylation sites is 1. The van der Waals surface area contributed by atoms with E-state index >= 15 is 4.39 Å². The molecule has 0 saturated heterocycles. The van der Waals surface area contributed by atoms with Crippen LogP contribution >= 0.6 is 0 Å². The summed E-state index contributed by atoms with van der Waals surface area (Å²) in [4.78, 5) is 15.1. The van der Waals surface area contributed by atoms with Crippen LogP contribution in [0.1, 0.15) is 11.1 Å². The van der Waals surface area contributed by atoms with Gasteiger partial charge in [0.25, 0.3) is 0 Å². The average Bonchev–Trinajstić information content (AvgIpc) is 3.51. The van der Waals surface area contributed by atoms with Crippen LogP contribution in [-0.4, -0.2) is 19.5 Å². The molecule has 9 aromatic rings. The fraction of sp³-hybridized carbons (Fsp3) is 0.0426. The van der Waals surface area contributed by atoms with Crippen molar-refractivity contribution in [1.82, 2.24) is 19.5 Å². The van der Waals surface area contributed by atoms with Crippen molar-refractivity contribution in [2.45, 2.75) is 13.8 Å². The van der Waals surface area contributed by atoms with Gasteiger partial charge in [0.1, 0.15) is 11.6 Å². The molecule has 2 aromatic heterocycles. The van der Waals surface area contributed by atoms with Crippen molar-refractivity contribution in [2.24, 2.45) is 0 Å². The summed E-state index contributed by atoms with van der Waals surface area (Å²) in [7, 11) is 0. The lowest BCUT2D eigenvalue weighted by Gasteiger charge is -2.17. The predicted molar refractivity (Wildman–Crippen MR) is 211 cm³/mol. The Bertz CT molecular complexity index is 2770. The van der Waals surface area contributed by atoms with Gasteiger partial charge < -0.3 is 4.57 Å². The summed E-state index contributed by atoms with van der Waals surface area (Å²) < 4.78 is 31.7. The summed E-state index contributed by atoms with van der Waals surface area (Å²) >= 11 is 0. The topological polar surface area (TPSA) is 43.6 Å². The SMILES string of the molecule is Cc1ccc(-c2ccc3c4ccccc4n(-c4ccc(-c5ccc(F)cc5F)cc4-c4nc(-c5ccccc5)nc(-c5ccccc5)n4)c3c2)c(C)c1. The zero-order valence-corrected chi connectivity index (χ0v) is 29.1. The molecule has 0 spiro atoms. The summed E-state index contributed by atoms with van der Waals surface area (Å²) in [5.41, 5.74) is 10.7. The van der Waals surface area contributed by atoms with Crippen LogP contribution in [0.25, 0.3) is 83.9 Å². The van der Waals surface area contributed by atoms with E-state index in [0.29, 0.717) is 28.6 Å². The Labute approximate surface area is 305 Å². The van der Waals surface area contributed by atoms with Gasteiger partial charge in [-0.05, 0) is 72.5 Å². The summed E-state index contributed by atoms with van der Waals surface area (Å²) in [5.74, 6) is 0.166. The number of hydrogen-bond acceptors (Lipinski definition) is 3. The number of aromatic nitrogens is 4. The molecule has 0 amide bonds. The third-order valence-corrected chi connectivity index (χ3v) is 9.79. The van der Waals surface area contributed by atoms with Gasteiger partial charge in [0, 0.05) is 39.1 Å². The second-order valence-electron chi connectivity index (χ2n) is 13.3. The minimum Gasteiger partial charge on any atom is -0.308 e. The molecule has 9 rings (SSSR count). The molecule has 0 unspecified atom stereocenters. The van der Waals surface area contributed by atoms with E-state index in [2.05, 4.69) is 73.0 Å². The third-order valence-electron chi connectivity index (χ3n) is 9.79. The fourth-order valence-corrected chi connectivity index (χ4v) is 7.27. The van der Waals surface area contributed by atoms with Crippen LogP contribution in [0.5, 0.6) is 0 Å². The van der Waals surface area contributed by atoms with Crippen LogP contribution in [0.3, 0.4) is 0 Å². The highest BCUT2D eigenvalue weighted by Gasteiger charge is 2.21. The molecule has 0 N–H and O–H groups in total. The molecule has 0 aliphatic heterocycles. The molecular formula is C47H32F2N4. The normalized spacial score (nSPS) is 11.4. The minimum absolute atomic E-state index is 0.277. The zero-order valence-electron chi connectivity index (χ0n) is 29.1. The molecular weight excluding hydrogens is 659 g/mol. The summed E-state index contributed by atoms with van der Waals surface area (Å²) in [6.45, 7) is 4.25. The second kappa shape index (κ2) is 13.1. The monoisotopic (exact) mass is 690 g/mol. The van der Waals surface area contributed by atoms with E-state index in [1.807, 2.05) is 84.9 Å². The number of rotatable bonds is 6. The van der Waals surface area contributed by atoms with E-state index in [-0.39, 0.29) is 5.56 Å². The number of nitrogens with zero attached hydrogens (tertiary/aromatic N) is 4. The average molecular weight is 691 g/mol. The summed E-state index contributed by atoms with van der Waals surface area (Å²) in [6.07, 6.45) is 0. The van der Waals surface area contributed by atoms with Crippen molar-refractivity contribution in [3.8, 4) is 62.1 Å². The maximum Gasteiger partial charge on any atom is 0.166 e. The predicted octanol–water partition coefficient (Wildman–Crippen LogP) is 12.2. The van der Waals surface area contributed by atoms with Gasteiger partial charge in [-0.3, -0.25) is 0 Å². The third kappa shape index (κ3) is 5.84. The van der Waals surface area contributed by atoms with Gasteiger partial charge in [-0.25, -0.2) is 23.7 Å². The van der Waals surface area contributed by atoms with Crippen molar-refractivity contribution in [2.75, 3.05) is 0 Å². The van der Waals surface area contributed by atoms with Crippen molar-refractivity contribution in [3.63, 3.8) is 0 Å². The highest BCUT2D eigenvalue weighted by atomic mass is 19.1. The van der Waals surface area contributed by atoms with Gasteiger partial charge in [-0.2, -0.15) is 0 Å². The van der Waals surface area contributed by atoms with Crippen molar-refractivity contribution >= 4 is 21.8 Å². The molecule has 0 bridgehead atoms. The van der Waals surface area contributed by atoms with Crippen LogP contribution in [0.15, 0.2) is 158 Å². The molecule has 0 fully saturated rings. The fourth-order valence-electron chi connectivity index (χ4n) is 7.27. The summed E-state index contributed by atoms with van der Waals surface area (Å²) in [6, 6.07) is 50.5. The van der Waals surface area contributed by atoms with Crippen LogP contribution in [-0.2, 0) is 0 Å². The molecule has 4 nitrogen and oxygen atoms in total.